The lowest BCUT2D eigenvalue weighted by Crippen LogP contribution is -2.18. The Morgan fingerprint density at radius 1 is 1.33 bits per heavy atom. The molecule has 0 saturated heterocycles. The van der Waals surface area contributed by atoms with Crippen LogP contribution in [0, 0.1) is 0 Å². The molecule has 0 radical (unpaired) electrons. The third-order valence-corrected chi connectivity index (χ3v) is 3.63. The van der Waals surface area contributed by atoms with E-state index in [2.05, 4.69) is 15.4 Å². The van der Waals surface area contributed by atoms with E-state index in [-0.39, 0.29) is 12.5 Å². The van der Waals surface area contributed by atoms with Crippen LogP contribution in [-0.4, -0.2) is 20.7 Å². The quantitative estimate of drug-likeness (QED) is 0.773. The molecule has 0 aliphatic heterocycles. The molecule has 106 valence electrons. The van der Waals surface area contributed by atoms with E-state index in [1.54, 1.807) is 23.7 Å². The zero-order valence-electron chi connectivity index (χ0n) is 11.1. The highest BCUT2D eigenvalue weighted by atomic mass is 32.1. The molecular formula is C14H13N5OS. The molecule has 0 saturated carbocycles. The Morgan fingerprint density at radius 3 is 2.76 bits per heavy atom. The van der Waals surface area contributed by atoms with Crippen molar-refractivity contribution in [3.05, 3.63) is 48.2 Å². The molecule has 3 N–H and O–H groups in total. The van der Waals surface area contributed by atoms with Crippen LogP contribution in [0.4, 0.5) is 11.4 Å². The van der Waals surface area contributed by atoms with Gasteiger partial charge >= 0.3 is 0 Å². The van der Waals surface area contributed by atoms with Crippen molar-refractivity contribution in [1.82, 2.24) is 14.8 Å². The van der Waals surface area contributed by atoms with E-state index < -0.39 is 0 Å². The van der Waals surface area contributed by atoms with Gasteiger partial charge in [0.1, 0.15) is 11.6 Å². The minimum absolute atomic E-state index is 0.130. The minimum Gasteiger partial charge on any atom is -0.396 e. The largest absolute Gasteiger partial charge is 0.396 e. The summed E-state index contributed by atoms with van der Waals surface area (Å²) >= 11 is 1.58. The number of benzene rings is 1. The van der Waals surface area contributed by atoms with Gasteiger partial charge in [0.25, 0.3) is 0 Å². The van der Waals surface area contributed by atoms with E-state index in [0.717, 1.165) is 16.3 Å². The summed E-state index contributed by atoms with van der Waals surface area (Å²) in [6.07, 6.45) is 4.90. The fourth-order valence-electron chi connectivity index (χ4n) is 1.88. The molecule has 3 aromatic rings. The van der Waals surface area contributed by atoms with Crippen LogP contribution in [0.3, 0.4) is 0 Å². The molecule has 3 rings (SSSR count). The van der Waals surface area contributed by atoms with Crippen LogP contribution in [0.15, 0.2) is 48.2 Å². The SMILES string of the molecule is Nc1cnn(CC(=O)Nc2ccc(-c3nccs3)cc2)c1. The fourth-order valence-corrected chi connectivity index (χ4v) is 2.52. The Morgan fingerprint density at radius 2 is 2.14 bits per heavy atom. The van der Waals surface area contributed by atoms with Crippen LogP contribution < -0.4 is 11.1 Å². The molecule has 7 heteroatoms. The number of anilines is 2. The molecule has 1 aromatic carbocycles. The first-order valence-corrected chi connectivity index (χ1v) is 7.16. The van der Waals surface area contributed by atoms with Gasteiger partial charge in [0, 0.05) is 29.0 Å². The van der Waals surface area contributed by atoms with Gasteiger partial charge in [0.15, 0.2) is 0 Å². The summed E-state index contributed by atoms with van der Waals surface area (Å²) in [5.74, 6) is -0.153. The lowest BCUT2D eigenvalue weighted by molar-refractivity contribution is -0.116. The maximum absolute atomic E-state index is 11.9. The van der Waals surface area contributed by atoms with Gasteiger partial charge in [-0.3, -0.25) is 9.48 Å². The van der Waals surface area contributed by atoms with Crippen LogP contribution >= 0.6 is 11.3 Å². The summed E-state index contributed by atoms with van der Waals surface area (Å²) in [6, 6.07) is 7.57. The molecule has 0 aliphatic carbocycles. The van der Waals surface area contributed by atoms with Crippen LogP contribution in [0.2, 0.25) is 0 Å². The van der Waals surface area contributed by atoms with E-state index in [1.807, 2.05) is 29.6 Å². The van der Waals surface area contributed by atoms with Gasteiger partial charge in [-0.05, 0) is 24.3 Å². The van der Waals surface area contributed by atoms with Crippen molar-refractivity contribution in [2.45, 2.75) is 6.54 Å². The number of nitrogens with zero attached hydrogens (tertiary/aromatic N) is 3. The normalized spacial score (nSPS) is 10.5. The van der Waals surface area contributed by atoms with Gasteiger partial charge in [0.05, 0.1) is 11.9 Å². The second-order valence-electron chi connectivity index (χ2n) is 4.43. The summed E-state index contributed by atoms with van der Waals surface area (Å²) < 4.78 is 1.49. The number of aromatic nitrogens is 3. The average molecular weight is 299 g/mol. The van der Waals surface area contributed by atoms with E-state index in [1.165, 1.54) is 10.9 Å². The summed E-state index contributed by atoms with van der Waals surface area (Å²) in [4.78, 5) is 16.1. The van der Waals surface area contributed by atoms with Crippen LogP contribution in [0.25, 0.3) is 10.6 Å². The monoisotopic (exact) mass is 299 g/mol. The highest BCUT2D eigenvalue weighted by Gasteiger charge is 2.05. The first-order valence-electron chi connectivity index (χ1n) is 6.28. The molecule has 0 fully saturated rings. The third kappa shape index (κ3) is 3.26. The standard InChI is InChI=1S/C14H13N5OS/c15-11-7-17-19(8-11)9-13(20)18-12-3-1-10(2-4-12)14-16-5-6-21-14/h1-8H,9,15H2,(H,18,20). The number of nitrogens with two attached hydrogens (primary N) is 1. The van der Waals surface area contributed by atoms with Crippen molar-refractivity contribution in [3.8, 4) is 10.6 Å². The molecule has 6 nitrogen and oxygen atoms in total. The predicted octanol–water partition coefficient (Wildman–Crippen LogP) is 2.23. The Bertz CT molecular complexity index is 733. The van der Waals surface area contributed by atoms with Crippen LogP contribution in [0.1, 0.15) is 0 Å². The molecule has 2 aromatic heterocycles. The zero-order valence-corrected chi connectivity index (χ0v) is 11.9. The predicted molar refractivity (Wildman–Crippen MR) is 82.8 cm³/mol. The maximum Gasteiger partial charge on any atom is 0.246 e. The number of hydrogen-bond donors (Lipinski definition) is 2. The Hall–Kier alpha value is -2.67. The average Bonchev–Trinajstić information content (AvgIpc) is 3.11. The number of nitrogen functional groups attached to an aromatic ring is 1. The number of nitrogens with one attached hydrogen (secondary N) is 1. The minimum atomic E-state index is -0.153. The smallest absolute Gasteiger partial charge is 0.246 e. The Labute approximate surface area is 125 Å². The number of carbonyl (C=O) groups is 1. The lowest BCUT2D eigenvalue weighted by Gasteiger charge is -2.06. The first-order chi connectivity index (χ1) is 10.2. The molecule has 1 amide bonds. The van der Waals surface area contributed by atoms with Gasteiger partial charge < -0.3 is 11.1 Å². The second kappa shape index (κ2) is 5.76. The lowest BCUT2D eigenvalue weighted by atomic mass is 10.2. The van der Waals surface area contributed by atoms with E-state index in [0.29, 0.717) is 5.69 Å². The molecule has 0 bridgehead atoms. The number of carbonyl (C=O) groups excluding carboxylic acids is 1. The van der Waals surface area contributed by atoms with Crippen LogP contribution in [0.5, 0.6) is 0 Å². The number of hydrogen-bond acceptors (Lipinski definition) is 5. The molecule has 0 unspecified atom stereocenters. The molecule has 0 spiro atoms. The van der Waals surface area contributed by atoms with Crippen molar-refractivity contribution in [2.24, 2.45) is 0 Å². The Kier molecular flexibility index (Phi) is 3.65. The molecule has 21 heavy (non-hydrogen) atoms. The van der Waals surface area contributed by atoms with Crippen molar-refractivity contribution >= 4 is 28.6 Å². The fraction of sp³-hybridized carbons (Fsp3) is 0.0714. The molecular weight excluding hydrogens is 286 g/mol. The van der Waals surface area contributed by atoms with Crippen molar-refractivity contribution < 1.29 is 4.79 Å². The van der Waals surface area contributed by atoms with Gasteiger partial charge in [0.2, 0.25) is 5.91 Å². The summed E-state index contributed by atoms with van der Waals surface area (Å²) in [5, 5.41) is 9.67. The van der Waals surface area contributed by atoms with E-state index >= 15 is 0 Å². The van der Waals surface area contributed by atoms with Gasteiger partial charge in [-0.15, -0.1) is 11.3 Å². The molecule has 0 aliphatic rings. The van der Waals surface area contributed by atoms with Crippen molar-refractivity contribution in [1.29, 1.82) is 0 Å². The maximum atomic E-state index is 11.9. The van der Waals surface area contributed by atoms with Gasteiger partial charge in [-0.2, -0.15) is 5.10 Å². The highest BCUT2D eigenvalue weighted by molar-refractivity contribution is 7.13. The third-order valence-electron chi connectivity index (χ3n) is 2.81. The van der Waals surface area contributed by atoms with E-state index in [4.69, 9.17) is 5.73 Å². The molecule has 0 atom stereocenters. The summed E-state index contributed by atoms with van der Waals surface area (Å²) in [5.41, 5.74) is 7.85. The number of thiazole rings is 1. The highest BCUT2D eigenvalue weighted by Crippen LogP contribution is 2.23. The summed E-state index contributed by atoms with van der Waals surface area (Å²) in [6.45, 7) is 0.130. The van der Waals surface area contributed by atoms with Gasteiger partial charge in [-0.25, -0.2) is 4.98 Å². The second-order valence-corrected chi connectivity index (χ2v) is 5.33. The van der Waals surface area contributed by atoms with E-state index in [9.17, 15) is 4.79 Å². The summed E-state index contributed by atoms with van der Waals surface area (Å²) in [7, 11) is 0. The Balaban J connectivity index is 1.63. The first kappa shape index (κ1) is 13.3. The number of rotatable bonds is 4. The molecule has 2 heterocycles. The van der Waals surface area contributed by atoms with Gasteiger partial charge in [-0.1, -0.05) is 0 Å². The topological polar surface area (TPSA) is 85.8 Å². The number of amides is 1. The zero-order chi connectivity index (χ0) is 14.7. The van der Waals surface area contributed by atoms with Crippen molar-refractivity contribution in [3.63, 3.8) is 0 Å². The van der Waals surface area contributed by atoms with Crippen molar-refractivity contribution in [2.75, 3.05) is 11.1 Å². The van der Waals surface area contributed by atoms with Crippen LogP contribution in [-0.2, 0) is 11.3 Å².